The molecule has 1 heterocycles. The molecule has 26 heavy (non-hydrogen) atoms. The SMILES string of the molecule is Cc1ccc(N)cc1C(=O)NCCCN1C(=O)COc2ccccc21.Cl. The van der Waals surface area contributed by atoms with Gasteiger partial charge in [0, 0.05) is 24.3 Å². The lowest BCUT2D eigenvalue weighted by Gasteiger charge is -2.29. The molecule has 0 atom stereocenters. The van der Waals surface area contributed by atoms with Gasteiger partial charge in [-0.25, -0.2) is 0 Å². The molecule has 2 aromatic carbocycles. The molecular weight excluding hydrogens is 354 g/mol. The molecule has 1 aliphatic heterocycles. The number of anilines is 2. The van der Waals surface area contributed by atoms with Gasteiger partial charge < -0.3 is 20.7 Å². The number of carbonyl (C=O) groups is 2. The number of nitrogen functional groups attached to an aromatic ring is 1. The van der Waals surface area contributed by atoms with E-state index in [0.717, 1.165) is 11.3 Å². The van der Waals surface area contributed by atoms with Crippen molar-refractivity contribution >= 4 is 35.6 Å². The average Bonchev–Trinajstić information content (AvgIpc) is 2.62. The summed E-state index contributed by atoms with van der Waals surface area (Å²) in [7, 11) is 0. The summed E-state index contributed by atoms with van der Waals surface area (Å²) in [5.74, 6) is 0.483. The van der Waals surface area contributed by atoms with Crippen LogP contribution in [-0.2, 0) is 4.79 Å². The summed E-state index contributed by atoms with van der Waals surface area (Å²) in [5.41, 5.74) is 8.53. The van der Waals surface area contributed by atoms with E-state index in [4.69, 9.17) is 10.5 Å². The van der Waals surface area contributed by atoms with E-state index >= 15 is 0 Å². The van der Waals surface area contributed by atoms with Crippen molar-refractivity contribution in [1.29, 1.82) is 0 Å². The summed E-state index contributed by atoms with van der Waals surface area (Å²) in [4.78, 5) is 26.1. The van der Waals surface area contributed by atoms with Crippen molar-refractivity contribution in [3.63, 3.8) is 0 Å². The van der Waals surface area contributed by atoms with Crippen LogP contribution in [0.5, 0.6) is 5.75 Å². The Morgan fingerprint density at radius 1 is 1.27 bits per heavy atom. The Bertz CT molecular complexity index is 810. The van der Waals surface area contributed by atoms with E-state index in [-0.39, 0.29) is 30.8 Å². The minimum Gasteiger partial charge on any atom is -0.482 e. The quantitative estimate of drug-likeness (QED) is 0.621. The molecule has 1 aliphatic rings. The highest BCUT2D eigenvalue weighted by molar-refractivity contribution is 5.98. The van der Waals surface area contributed by atoms with Gasteiger partial charge in [-0.05, 0) is 43.2 Å². The lowest BCUT2D eigenvalue weighted by molar-refractivity contribution is -0.121. The topological polar surface area (TPSA) is 84.7 Å². The van der Waals surface area contributed by atoms with Crippen LogP contribution in [0.25, 0.3) is 0 Å². The zero-order valence-electron chi connectivity index (χ0n) is 14.5. The molecule has 0 unspecified atom stereocenters. The summed E-state index contributed by atoms with van der Waals surface area (Å²) in [5, 5.41) is 2.88. The van der Waals surface area contributed by atoms with Gasteiger partial charge >= 0.3 is 0 Å². The molecule has 0 aromatic heterocycles. The number of aryl methyl sites for hydroxylation is 1. The summed E-state index contributed by atoms with van der Waals surface area (Å²) >= 11 is 0. The maximum atomic E-state index is 12.3. The number of nitrogens with zero attached hydrogens (tertiary/aromatic N) is 1. The molecule has 0 saturated carbocycles. The number of halogens is 1. The molecule has 3 rings (SSSR count). The average molecular weight is 376 g/mol. The smallest absolute Gasteiger partial charge is 0.265 e. The Labute approximate surface area is 158 Å². The van der Waals surface area contributed by atoms with Crippen LogP contribution in [0.3, 0.4) is 0 Å². The lowest BCUT2D eigenvalue weighted by Crippen LogP contribution is -2.40. The molecule has 2 amide bonds. The molecule has 6 nitrogen and oxygen atoms in total. The van der Waals surface area contributed by atoms with E-state index in [9.17, 15) is 9.59 Å². The fourth-order valence-corrected chi connectivity index (χ4v) is 2.82. The first kappa shape index (κ1) is 19.6. The van der Waals surface area contributed by atoms with Gasteiger partial charge in [-0.15, -0.1) is 12.4 Å². The number of fused-ring (bicyclic) bond motifs is 1. The summed E-state index contributed by atoms with van der Waals surface area (Å²) in [6.07, 6.45) is 0.646. The fourth-order valence-electron chi connectivity index (χ4n) is 2.82. The van der Waals surface area contributed by atoms with Crippen LogP contribution in [0.1, 0.15) is 22.3 Å². The maximum absolute atomic E-state index is 12.3. The van der Waals surface area contributed by atoms with E-state index in [1.165, 1.54) is 0 Å². The van der Waals surface area contributed by atoms with Crippen LogP contribution in [0, 0.1) is 6.92 Å². The zero-order chi connectivity index (χ0) is 17.8. The van der Waals surface area contributed by atoms with Crippen LogP contribution in [-0.4, -0.2) is 31.5 Å². The van der Waals surface area contributed by atoms with Gasteiger partial charge in [0.25, 0.3) is 11.8 Å². The molecular formula is C19H22ClN3O3. The van der Waals surface area contributed by atoms with Crippen LogP contribution in [0.4, 0.5) is 11.4 Å². The minimum absolute atomic E-state index is 0. The highest BCUT2D eigenvalue weighted by atomic mass is 35.5. The Morgan fingerprint density at radius 2 is 2.04 bits per heavy atom. The second kappa shape index (κ2) is 8.58. The van der Waals surface area contributed by atoms with Crippen LogP contribution in [0.2, 0.25) is 0 Å². The van der Waals surface area contributed by atoms with Gasteiger partial charge in [-0.1, -0.05) is 18.2 Å². The Hall–Kier alpha value is -2.73. The van der Waals surface area contributed by atoms with Crippen LogP contribution < -0.4 is 20.7 Å². The third-order valence-electron chi connectivity index (χ3n) is 4.16. The third kappa shape index (κ3) is 4.26. The fraction of sp³-hybridized carbons (Fsp3) is 0.263. The van der Waals surface area contributed by atoms with E-state index in [1.54, 1.807) is 17.0 Å². The Balaban J connectivity index is 0.00000243. The number of hydrogen-bond donors (Lipinski definition) is 2. The molecule has 7 heteroatoms. The van der Waals surface area contributed by atoms with E-state index < -0.39 is 0 Å². The number of rotatable bonds is 5. The Morgan fingerprint density at radius 3 is 2.85 bits per heavy atom. The van der Waals surface area contributed by atoms with Gasteiger partial charge in [-0.3, -0.25) is 9.59 Å². The monoisotopic (exact) mass is 375 g/mol. The van der Waals surface area contributed by atoms with Crippen molar-refractivity contribution in [2.45, 2.75) is 13.3 Å². The van der Waals surface area contributed by atoms with Gasteiger partial charge in [0.1, 0.15) is 5.75 Å². The molecule has 3 N–H and O–H groups in total. The first-order valence-electron chi connectivity index (χ1n) is 8.23. The van der Waals surface area contributed by atoms with Gasteiger partial charge in [0.2, 0.25) is 0 Å². The number of amides is 2. The lowest BCUT2D eigenvalue weighted by atomic mass is 10.1. The second-order valence-corrected chi connectivity index (χ2v) is 5.99. The number of nitrogens with one attached hydrogen (secondary N) is 1. The van der Waals surface area contributed by atoms with Crippen molar-refractivity contribution in [3.05, 3.63) is 53.6 Å². The number of benzene rings is 2. The molecule has 0 spiro atoms. The van der Waals surface area contributed by atoms with E-state index in [0.29, 0.717) is 36.5 Å². The van der Waals surface area contributed by atoms with Gasteiger partial charge in [-0.2, -0.15) is 0 Å². The highest BCUT2D eigenvalue weighted by Gasteiger charge is 2.24. The van der Waals surface area contributed by atoms with Crippen molar-refractivity contribution < 1.29 is 14.3 Å². The molecule has 2 aromatic rings. The third-order valence-corrected chi connectivity index (χ3v) is 4.16. The Kier molecular flexibility index (Phi) is 6.46. The predicted octanol–water partition coefficient (Wildman–Crippen LogP) is 2.54. The van der Waals surface area contributed by atoms with Crippen molar-refractivity contribution in [3.8, 4) is 5.75 Å². The summed E-state index contributed by atoms with van der Waals surface area (Å²) in [6.45, 7) is 2.92. The molecule has 138 valence electrons. The first-order valence-corrected chi connectivity index (χ1v) is 8.23. The molecule has 0 fully saturated rings. The first-order chi connectivity index (χ1) is 12.1. The number of carbonyl (C=O) groups excluding carboxylic acids is 2. The van der Waals surface area contributed by atoms with Crippen molar-refractivity contribution in [1.82, 2.24) is 5.32 Å². The second-order valence-electron chi connectivity index (χ2n) is 5.99. The highest BCUT2D eigenvalue weighted by Crippen LogP contribution is 2.31. The largest absolute Gasteiger partial charge is 0.482 e. The van der Waals surface area contributed by atoms with E-state index in [1.807, 2.05) is 37.3 Å². The number of para-hydroxylation sites is 2. The molecule has 0 bridgehead atoms. The standard InChI is InChI=1S/C19H21N3O3.ClH/c1-13-7-8-14(20)11-15(13)19(24)21-9-4-10-22-16-5-2-3-6-17(16)25-12-18(22)23;/h2-3,5-8,11H,4,9-10,12,20H2,1H3,(H,21,24);1H. The van der Waals surface area contributed by atoms with Crippen LogP contribution >= 0.6 is 12.4 Å². The zero-order valence-corrected chi connectivity index (χ0v) is 15.3. The number of hydrogen-bond acceptors (Lipinski definition) is 4. The maximum Gasteiger partial charge on any atom is 0.265 e. The van der Waals surface area contributed by atoms with Gasteiger partial charge in [0.05, 0.1) is 5.69 Å². The van der Waals surface area contributed by atoms with Crippen molar-refractivity contribution in [2.24, 2.45) is 0 Å². The van der Waals surface area contributed by atoms with Crippen molar-refractivity contribution in [2.75, 3.05) is 30.3 Å². The number of nitrogens with two attached hydrogens (primary N) is 1. The molecule has 0 saturated heterocycles. The molecule has 0 radical (unpaired) electrons. The summed E-state index contributed by atoms with van der Waals surface area (Å²) in [6, 6.07) is 12.7. The molecule has 0 aliphatic carbocycles. The minimum atomic E-state index is -0.154. The predicted molar refractivity (Wildman–Crippen MR) is 104 cm³/mol. The van der Waals surface area contributed by atoms with Crippen LogP contribution in [0.15, 0.2) is 42.5 Å². The van der Waals surface area contributed by atoms with Gasteiger partial charge in [0.15, 0.2) is 6.61 Å². The summed E-state index contributed by atoms with van der Waals surface area (Å²) < 4.78 is 5.42. The number of ether oxygens (including phenoxy) is 1. The normalized spacial score (nSPS) is 12.7. The van der Waals surface area contributed by atoms with E-state index in [2.05, 4.69) is 5.32 Å².